The van der Waals surface area contributed by atoms with Crippen molar-refractivity contribution in [1.29, 1.82) is 0 Å². The van der Waals surface area contributed by atoms with E-state index in [-0.39, 0.29) is 30.5 Å². The van der Waals surface area contributed by atoms with Crippen molar-refractivity contribution in [2.45, 2.75) is 69.1 Å². The summed E-state index contributed by atoms with van der Waals surface area (Å²) in [6.45, 7) is 1.55. The molecular formula is C30H30F6N6O6. The summed E-state index contributed by atoms with van der Waals surface area (Å²) in [5.74, 6) is -1.98. The smallest absolute Gasteiger partial charge is 0.490 e. The molecule has 258 valence electrons. The minimum Gasteiger partial charge on any atom is -0.490 e. The molecular weight excluding hydrogens is 654 g/mol. The van der Waals surface area contributed by atoms with E-state index in [0.29, 0.717) is 43.3 Å². The minimum atomic E-state index is -5.08. The van der Waals surface area contributed by atoms with Gasteiger partial charge in [-0.15, -0.1) is 0 Å². The number of hydrogen-bond acceptors (Lipinski definition) is 9. The fraction of sp³-hybridized carbons (Fsp3) is 0.467. The van der Waals surface area contributed by atoms with Crippen LogP contribution in [0.3, 0.4) is 0 Å². The molecule has 2 aliphatic heterocycles. The summed E-state index contributed by atoms with van der Waals surface area (Å²) in [6.07, 6.45) is -2.32. The van der Waals surface area contributed by atoms with E-state index < -0.39 is 35.8 Å². The monoisotopic (exact) mass is 684 g/mol. The van der Waals surface area contributed by atoms with Crippen molar-refractivity contribution in [1.82, 2.24) is 25.2 Å². The third kappa shape index (κ3) is 8.21. The number of anilines is 1. The van der Waals surface area contributed by atoms with Gasteiger partial charge >= 0.3 is 24.4 Å². The zero-order valence-corrected chi connectivity index (χ0v) is 25.1. The summed E-state index contributed by atoms with van der Waals surface area (Å²) in [7, 11) is 0. The fourth-order valence-electron chi connectivity index (χ4n) is 5.67. The summed E-state index contributed by atoms with van der Waals surface area (Å²) in [5.41, 5.74) is -0.320. The summed E-state index contributed by atoms with van der Waals surface area (Å²) < 4.78 is 83.5. The Kier molecular flexibility index (Phi) is 10.2. The van der Waals surface area contributed by atoms with Crippen molar-refractivity contribution in [2.24, 2.45) is 0 Å². The van der Waals surface area contributed by atoms with Gasteiger partial charge in [-0.2, -0.15) is 26.3 Å². The number of urea groups is 1. The highest BCUT2D eigenvalue weighted by atomic mass is 19.4. The number of halogens is 6. The van der Waals surface area contributed by atoms with Crippen LogP contribution in [0.4, 0.5) is 36.8 Å². The average molecular weight is 685 g/mol. The summed E-state index contributed by atoms with van der Waals surface area (Å²) in [6, 6.07) is 5.51. The number of pyridine rings is 1. The largest absolute Gasteiger partial charge is 0.490 e. The van der Waals surface area contributed by atoms with Gasteiger partial charge in [0.25, 0.3) is 5.91 Å². The van der Waals surface area contributed by atoms with Crippen molar-refractivity contribution in [3.63, 3.8) is 0 Å². The van der Waals surface area contributed by atoms with Crippen molar-refractivity contribution in [3.05, 3.63) is 48.5 Å². The number of piperidine rings is 1. The lowest BCUT2D eigenvalue weighted by Gasteiger charge is -2.33. The van der Waals surface area contributed by atoms with Gasteiger partial charge in [0.15, 0.2) is 0 Å². The van der Waals surface area contributed by atoms with Gasteiger partial charge in [-0.25, -0.2) is 19.6 Å². The number of ether oxygens (including phenoxy) is 2. The van der Waals surface area contributed by atoms with E-state index in [0.717, 1.165) is 54.2 Å². The minimum absolute atomic E-state index is 0.0577. The molecule has 12 nitrogen and oxygen atoms in total. The molecule has 1 aromatic carbocycles. The SMILES string of the molecule is O=C(O)C(F)(F)F.O=C1CN(c2cncc(C(F)(F)F)c2)C(=O)N1C1CCC(Oc2ncnc3cc(OC4CCNCC4)ccc23)CC1. The molecule has 1 saturated carbocycles. The summed E-state index contributed by atoms with van der Waals surface area (Å²) in [4.78, 5) is 49.3. The normalized spacial score (nSPS) is 20.8. The van der Waals surface area contributed by atoms with Gasteiger partial charge in [0.05, 0.1) is 28.4 Å². The number of amides is 3. The van der Waals surface area contributed by atoms with Crippen LogP contribution in [0.15, 0.2) is 43.0 Å². The number of carboxylic acids is 1. The molecule has 2 N–H and O–H groups in total. The maximum absolute atomic E-state index is 13.1. The van der Waals surface area contributed by atoms with Gasteiger partial charge in [0, 0.05) is 18.3 Å². The Morgan fingerprint density at radius 1 is 0.896 bits per heavy atom. The first-order chi connectivity index (χ1) is 22.7. The highest BCUT2D eigenvalue weighted by Crippen LogP contribution is 2.35. The molecule has 4 heterocycles. The number of imide groups is 1. The number of aliphatic carboxylic acids is 1. The number of carbonyl (C=O) groups excluding carboxylic acids is 2. The first-order valence-corrected chi connectivity index (χ1v) is 15.0. The standard InChI is InChI=1S/C28H29F3N6O4.C2HF3O2/c29-28(30,31)17-11-19(14-33-13-17)36-15-25(38)37(27(36)39)18-1-3-20(4-2-18)41-26-23-6-5-22(12-24(23)34-16-35-26)40-21-7-9-32-10-8-21;3-2(4,5)1(6)7/h5-6,11-14,16,18,20-21,32H,1-4,7-10,15H2;(H,6,7). The van der Waals surface area contributed by atoms with Gasteiger partial charge in [0.2, 0.25) is 5.88 Å². The van der Waals surface area contributed by atoms with Crippen molar-refractivity contribution in [3.8, 4) is 11.6 Å². The van der Waals surface area contributed by atoms with Crippen LogP contribution in [-0.2, 0) is 15.8 Å². The second kappa shape index (κ2) is 14.2. The van der Waals surface area contributed by atoms with E-state index in [9.17, 15) is 35.9 Å². The van der Waals surface area contributed by atoms with E-state index in [2.05, 4.69) is 20.3 Å². The van der Waals surface area contributed by atoms with Crippen molar-refractivity contribution in [2.75, 3.05) is 24.5 Å². The number of benzene rings is 1. The molecule has 3 amide bonds. The molecule has 2 aromatic heterocycles. The molecule has 0 bridgehead atoms. The number of rotatable bonds is 6. The molecule has 2 saturated heterocycles. The number of aromatic nitrogens is 3. The Morgan fingerprint density at radius 3 is 2.21 bits per heavy atom. The summed E-state index contributed by atoms with van der Waals surface area (Å²) in [5, 5.41) is 11.2. The predicted octanol–water partition coefficient (Wildman–Crippen LogP) is 4.97. The van der Waals surface area contributed by atoms with Crippen LogP contribution in [0.2, 0.25) is 0 Å². The Bertz CT molecular complexity index is 1640. The zero-order valence-electron chi connectivity index (χ0n) is 25.1. The Morgan fingerprint density at radius 2 is 1.56 bits per heavy atom. The number of carbonyl (C=O) groups is 3. The van der Waals surface area contributed by atoms with Gasteiger partial charge in [0.1, 0.15) is 30.8 Å². The summed E-state index contributed by atoms with van der Waals surface area (Å²) >= 11 is 0. The van der Waals surface area contributed by atoms with Crippen LogP contribution < -0.4 is 19.7 Å². The molecule has 0 atom stereocenters. The zero-order chi connectivity index (χ0) is 34.6. The van der Waals surface area contributed by atoms with Gasteiger partial charge in [-0.05, 0) is 69.8 Å². The quantitative estimate of drug-likeness (QED) is 0.270. The molecule has 3 aliphatic rings. The number of fused-ring (bicyclic) bond motifs is 1. The number of nitrogens with one attached hydrogen (secondary N) is 1. The lowest BCUT2D eigenvalue weighted by atomic mass is 9.92. The van der Waals surface area contributed by atoms with Gasteiger partial charge < -0.3 is 19.9 Å². The van der Waals surface area contributed by atoms with E-state index >= 15 is 0 Å². The molecule has 0 unspecified atom stereocenters. The van der Waals surface area contributed by atoms with Crippen LogP contribution in [0.1, 0.15) is 44.1 Å². The number of alkyl halides is 6. The Balaban J connectivity index is 0.000000582. The first-order valence-electron chi connectivity index (χ1n) is 15.0. The molecule has 1 aliphatic carbocycles. The molecule has 3 fully saturated rings. The second-order valence-corrected chi connectivity index (χ2v) is 11.3. The fourth-order valence-corrected chi connectivity index (χ4v) is 5.67. The topological polar surface area (TPSA) is 147 Å². The highest BCUT2D eigenvalue weighted by molar-refractivity contribution is 6.12. The molecule has 0 spiro atoms. The van der Waals surface area contributed by atoms with Crippen LogP contribution in [-0.4, -0.2) is 86.9 Å². The van der Waals surface area contributed by atoms with Crippen LogP contribution in [0.25, 0.3) is 10.9 Å². The highest BCUT2D eigenvalue weighted by Gasteiger charge is 2.43. The average Bonchev–Trinajstić information content (AvgIpc) is 3.34. The van der Waals surface area contributed by atoms with E-state index in [4.69, 9.17) is 19.4 Å². The lowest BCUT2D eigenvalue weighted by Crippen LogP contribution is -2.44. The van der Waals surface area contributed by atoms with Crippen molar-refractivity contribution >= 4 is 34.5 Å². The maximum atomic E-state index is 13.1. The third-order valence-corrected chi connectivity index (χ3v) is 8.05. The van der Waals surface area contributed by atoms with E-state index in [1.165, 1.54) is 11.2 Å². The molecule has 6 rings (SSSR count). The van der Waals surface area contributed by atoms with Crippen LogP contribution >= 0.6 is 0 Å². The molecule has 48 heavy (non-hydrogen) atoms. The maximum Gasteiger partial charge on any atom is 0.490 e. The lowest BCUT2D eigenvalue weighted by molar-refractivity contribution is -0.192. The van der Waals surface area contributed by atoms with E-state index in [1.807, 2.05) is 18.2 Å². The van der Waals surface area contributed by atoms with Crippen molar-refractivity contribution < 1.29 is 55.3 Å². The number of nitrogens with zero attached hydrogens (tertiary/aromatic N) is 5. The van der Waals surface area contributed by atoms with E-state index in [1.54, 1.807) is 0 Å². The molecule has 0 radical (unpaired) electrons. The Hall–Kier alpha value is -4.74. The van der Waals surface area contributed by atoms with Gasteiger partial charge in [-0.3, -0.25) is 19.6 Å². The Labute approximate surface area is 269 Å². The van der Waals surface area contributed by atoms with Crippen LogP contribution in [0.5, 0.6) is 11.6 Å². The van der Waals surface area contributed by atoms with Gasteiger partial charge in [-0.1, -0.05) is 0 Å². The predicted molar refractivity (Wildman–Crippen MR) is 155 cm³/mol. The number of hydrogen-bond donors (Lipinski definition) is 2. The molecule has 18 heteroatoms. The molecule has 3 aromatic rings. The first kappa shape index (κ1) is 34.6. The number of carboxylic acid groups (broad SMARTS) is 1. The van der Waals surface area contributed by atoms with Crippen LogP contribution in [0, 0.1) is 0 Å². The second-order valence-electron chi connectivity index (χ2n) is 11.3. The third-order valence-electron chi connectivity index (χ3n) is 8.05.